The van der Waals surface area contributed by atoms with Crippen molar-refractivity contribution in [1.29, 1.82) is 0 Å². The van der Waals surface area contributed by atoms with Crippen molar-refractivity contribution < 1.29 is 0 Å². The second kappa shape index (κ2) is 5.18. The van der Waals surface area contributed by atoms with Gasteiger partial charge in [-0.1, -0.05) is 6.92 Å². The third kappa shape index (κ3) is 2.46. The number of hydrogen-bond acceptors (Lipinski definition) is 4. The minimum Gasteiger partial charge on any atom is -0.310 e. The highest BCUT2D eigenvalue weighted by Crippen LogP contribution is 2.27. The van der Waals surface area contributed by atoms with Gasteiger partial charge in [-0.05, 0) is 25.6 Å². The number of aromatic nitrogens is 2. The number of rotatable bonds is 4. The molecule has 0 saturated heterocycles. The molecule has 0 amide bonds. The second-order valence-corrected chi connectivity index (χ2v) is 4.65. The van der Waals surface area contributed by atoms with Crippen LogP contribution in [0.5, 0.6) is 0 Å². The van der Waals surface area contributed by atoms with Gasteiger partial charge in [-0.15, -0.1) is 11.3 Å². The zero-order valence-corrected chi connectivity index (χ0v) is 10.3. The third-order valence-electron chi connectivity index (χ3n) is 2.37. The van der Waals surface area contributed by atoms with Gasteiger partial charge in [0.15, 0.2) is 0 Å². The minimum atomic E-state index is 0.368. The number of nitrogens with one attached hydrogen (secondary N) is 1. The van der Waals surface area contributed by atoms with E-state index >= 15 is 0 Å². The van der Waals surface area contributed by atoms with Gasteiger partial charge in [0.1, 0.15) is 5.01 Å². The molecule has 0 saturated carbocycles. The normalized spacial score (nSPS) is 12.6. The fourth-order valence-electron chi connectivity index (χ4n) is 1.52. The van der Waals surface area contributed by atoms with Crippen LogP contribution >= 0.6 is 11.3 Å². The zero-order chi connectivity index (χ0) is 11.4. The van der Waals surface area contributed by atoms with Crippen molar-refractivity contribution in [3.05, 3.63) is 35.6 Å². The van der Waals surface area contributed by atoms with Crippen molar-refractivity contribution in [1.82, 2.24) is 15.3 Å². The van der Waals surface area contributed by atoms with Gasteiger partial charge in [0, 0.05) is 35.1 Å². The molecule has 1 N–H and O–H groups in total. The van der Waals surface area contributed by atoms with Crippen LogP contribution in [0.1, 0.15) is 24.8 Å². The Bertz CT molecular complexity index is 439. The first-order valence-electron chi connectivity index (χ1n) is 5.40. The van der Waals surface area contributed by atoms with E-state index in [9.17, 15) is 0 Å². The molecule has 0 aliphatic rings. The summed E-state index contributed by atoms with van der Waals surface area (Å²) in [5.74, 6) is 0. The minimum absolute atomic E-state index is 0.368. The van der Waals surface area contributed by atoms with Crippen molar-refractivity contribution in [2.24, 2.45) is 0 Å². The fraction of sp³-hybridized carbons (Fsp3) is 0.333. The van der Waals surface area contributed by atoms with Crippen molar-refractivity contribution in [3.63, 3.8) is 0 Å². The number of nitrogens with zero attached hydrogens (tertiary/aromatic N) is 2. The van der Waals surface area contributed by atoms with E-state index in [1.165, 1.54) is 4.88 Å². The van der Waals surface area contributed by atoms with Crippen molar-refractivity contribution in [2.45, 2.75) is 19.9 Å². The van der Waals surface area contributed by atoms with E-state index in [4.69, 9.17) is 0 Å². The predicted octanol–water partition coefficient (Wildman–Crippen LogP) is 2.88. The van der Waals surface area contributed by atoms with E-state index in [1.807, 2.05) is 24.5 Å². The number of thiazole rings is 1. The van der Waals surface area contributed by atoms with E-state index in [0.717, 1.165) is 17.1 Å². The molecular formula is C12H15N3S. The standard InChI is InChI=1S/C12H15N3S/c1-3-14-9(2)11-8-15-12(16-11)10-5-4-6-13-7-10/h4-9,14H,3H2,1-2H3. The highest BCUT2D eigenvalue weighted by atomic mass is 32.1. The molecule has 3 nitrogen and oxygen atoms in total. The molecule has 0 aliphatic carbocycles. The molecule has 2 aromatic heterocycles. The maximum Gasteiger partial charge on any atom is 0.125 e. The monoisotopic (exact) mass is 233 g/mol. The first kappa shape index (κ1) is 11.2. The van der Waals surface area contributed by atoms with Crippen LogP contribution in [0.3, 0.4) is 0 Å². The van der Waals surface area contributed by atoms with Crippen LogP contribution < -0.4 is 5.32 Å². The van der Waals surface area contributed by atoms with Crippen molar-refractivity contribution in [2.75, 3.05) is 6.54 Å². The number of pyridine rings is 1. The lowest BCUT2D eigenvalue weighted by atomic mass is 10.3. The van der Waals surface area contributed by atoms with Crippen LogP contribution in [0.25, 0.3) is 10.6 Å². The first-order valence-corrected chi connectivity index (χ1v) is 6.22. The highest BCUT2D eigenvalue weighted by molar-refractivity contribution is 7.15. The van der Waals surface area contributed by atoms with Gasteiger partial charge in [0.05, 0.1) is 0 Å². The van der Waals surface area contributed by atoms with Crippen LogP contribution in [0.4, 0.5) is 0 Å². The van der Waals surface area contributed by atoms with E-state index in [1.54, 1.807) is 17.5 Å². The van der Waals surface area contributed by atoms with Gasteiger partial charge in [0.2, 0.25) is 0 Å². The smallest absolute Gasteiger partial charge is 0.125 e. The topological polar surface area (TPSA) is 37.8 Å². The summed E-state index contributed by atoms with van der Waals surface area (Å²) in [6.07, 6.45) is 5.57. The molecule has 0 spiro atoms. The molecule has 4 heteroatoms. The lowest BCUT2D eigenvalue weighted by Gasteiger charge is -2.08. The summed E-state index contributed by atoms with van der Waals surface area (Å²) in [5.41, 5.74) is 1.09. The van der Waals surface area contributed by atoms with E-state index in [2.05, 4.69) is 29.1 Å². The third-order valence-corrected chi connectivity index (χ3v) is 3.60. The Morgan fingerprint density at radius 3 is 3.00 bits per heavy atom. The van der Waals surface area contributed by atoms with Crippen molar-refractivity contribution in [3.8, 4) is 10.6 Å². The summed E-state index contributed by atoms with van der Waals surface area (Å²) in [5, 5.41) is 4.42. The van der Waals surface area contributed by atoms with E-state index in [-0.39, 0.29) is 0 Å². The van der Waals surface area contributed by atoms with E-state index < -0.39 is 0 Å². The molecule has 84 valence electrons. The average molecular weight is 233 g/mol. The summed E-state index contributed by atoms with van der Waals surface area (Å²) >= 11 is 1.72. The van der Waals surface area contributed by atoms with E-state index in [0.29, 0.717) is 6.04 Å². The Morgan fingerprint density at radius 1 is 1.44 bits per heavy atom. The molecule has 0 aliphatic heterocycles. The molecule has 0 aromatic carbocycles. The van der Waals surface area contributed by atoms with Crippen LogP contribution in [0, 0.1) is 0 Å². The quantitative estimate of drug-likeness (QED) is 0.882. The Kier molecular flexibility index (Phi) is 3.64. The molecular weight excluding hydrogens is 218 g/mol. The van der Waals surface area contributed by atoms with Crippen LogP contribution in [-0.2, 0) is 0 Å². The molecule has 0 fully saturated rings. The highest BCUT2D eigenvalue weighted by Gasteiger charge is 2.09. The Hall–Kier alpha value is -1.26. The SMILES string of the molecule is CCNC(C)c1cnc(-c2cccnc2)s1. The summed E-state index contributed by atoms with van der Waals surface area (Å²) in [6.45, 7) is 5.24. The first-order chi connectivity index (χ1) is 7.81. The van der Waals surface area contributed by atoms with Gasteiger partial charge < -0.3 is 5.32 Å². The molecule has 0 radical (unpaired) electrons. The zero-order valence-electron chi connectivity index (χ0n) is 9.47. The Morgan fingerprint density at radius 2 is 2.31 bits per heavy atom. The van der Waals surface area contributed by atoms with Crippen LogP contribution in [0.15, 0.2) is 30.7 Å². The molecule has 2 rings (SSSR count). The largest absolute Gasteiger partial charge is 0.310 e. The Labute approximate surface area is 99.6 Å². The molecule has 2 heterocycles. The lowest BCUT2D eigenvalue weighted by Crippen LogP contribution is -2.16. The Balaban J connectivity index is 2.20. The maximum absolute atomic E-state index is 4.43. The lowest BCUT2D eigenvalue weighted by molar-refractivity contribution is 0.606. The molecule has 1 unspecified atom stereocenters. The summed E-state index contributed by atoms with van der Waals surface area (Å²) in [7, 11) is 0. The van der Waals surface area contributed by atoms with Gasteiger partial charge in [-0.25, -0.2) is 4.98 Å². The number of hydrogen-bond donors (Lipinski definition) is 1. The van der Waals surface area contributed by atoms with Gasteiger partial charge >= 0.3 is 0 Å². The van der Waals surface area contributed by atoms with Gasteiger partial charge in [-0.2, -0.15) is 0 Å². The summed E-state index contributed by atoms with van der Waals surface area (Å²) < 4.78 is 0. The average Bonchev–Trinajstić information content (AvgIpc) is 2.80. The van der Waals surface area contributed by atoms with Crippen LogP contribution in [0.2, 0.25) is 0 Å². The maximum atomic E-state index is 4.43. The summed E-state index contributed by atoms with van der Waals surface area (Å²) in [4.78, 5) is 9.80. The summed E-state index contributed by atoms with van der Waals surface area (Å²) in [6, 6.07) is 4.34. The molecule has 2 aromatic rings. The van der Waals surface area contributed by atoms with Gasteiger partial charge in [0.25, 0.3) is 0 Å². The van der Waals surface area contributed by atoms with Gasteiger partial charge in [-0.3, -0.25) is 4.98 Å². The van der Waals surface area contributed by atoms with Crippen molar-refractivity contribution >= 4 is 11.3 Å². The second-order valence-electron chi connectivity index (χ2n) is 3.59. The van der Waals surface area contributed by atoms with Crippen LogP contribution in [-0.4, -0.2) is 16.5 Å². The predicted molar refractivity (Wildman–Crippen MR) is 67.4 cm³/mol. The molecule has 1 atom stereocenters. The molecule has 16 heavy (non-hydrogen) atoms. The fourth-order valence-corrected chi connectivity index (χ4v) is 2.45. The molecule has 0 bridgehead atoms.